The fraction of sp³-hybridized carbons (Fsp3) is 0.467. The molecule has 5 nitrogen and oxygen atoms in total. The zero-order valence-electron chi connectivity index (χ0n) is 11.5. The summed E-state index contributed by atoms with van der Waals surface area (Å²) < 4.78 is 0. The average Bonchev–Trinajstić information content (AvgIpc) is 2.93. The van der Waals surface area contributed by atoms with Crippen LogP contribution in [0.4, 0.5) is 0 Å². The Bertz CT molecular complexity index is 622. The summed E-state index contributed by atoms with van der Waals surface area (Å²) in [6.07, 6.45) is 5.07. The van der Waals surface area contributed by atoms with Gasteiger partial charge in [0.2, 0.25) is 0 Å². The molecule has 0 aliphatic heterocycles. The lowest BCUT2D eigenvalue weighted by Gasteiger charge is -2.35. The van der Waals surface area contributed by atoms with Gasteiger partial charge >= 0.3 is 0 Å². The number of nitrogens with one attached hydrogen (secondary N) is 1. The van der Waals surface area contributed by atoms with Gasteiger partial charge in [0.05, 0.1) is 23.9 Å². The topological polar surface area (TPSA) is 69.2 Å². The second-order valence-corrected chi connectivity index (χ2v) is 5.51. The third kappa shape index (κ3) is 2.29. The van der Waals surface area contributed by atoms with Crippen LogP contribution in [0.2, 0.25) is 0 Å². The molecule has 5 heteroatoms. The van der Waals surface area contributed by atoms with Gasteiger partial charge in [0, 0.05) is 18.0 Å². The number of hydrogen-bond donors (Lipinski definition) is 2. The van der Waals surface area contributed by atoms with Crippen LogP contribution in [0.25, 0.3) is 10.9 Å². The fourth-order valence-corrected chi connectivity index (χ4v) is 2.97. The van der Waals surface area contributed by atoms with Gasteiger partial charge in [-0.2, -0.15) is 5.10 Å². The summed E-state index contributed by atoms with van der Waals surface area (Å²) in [6.45, 7) is 0. The summed E-state index contributed by atoms with van der Waals surface area (Å²) in [7, 11) is 1.78. The summed E-state index contributed by atoms with van der Waals surface area (Å²) in [5.41, 5.74) is 1.56. The number of aromatic amines is 1. The lowest BCUT2D eigenvalue weighted by Crippen LogP contribution is -2.46. The molecule has 20 heavy (non-hydrogen) atoms. The number of rotatable bonds is 2. The Kier molecular flexibility index (Phi) is 3.44. The number of aliphatic hydroxyl groups excluding tert-OH is 1. The number of likely N-dealkylation sites (N-methyl/N-ethyl adjacent to an activating group) is 1. The van der Waals surface area contributed by atoms with Gasteiger partial charge in [0.25, 0.3) is 5.91 Å². The monoisotopic (exact) mass is 273 g/mol. The molecule has 1 heterocycles. The zero-order valence-corrected chi connectivity index (χ0v) is 11.5. The molecule has 1 aliphatic rings. The molecular weight excluding hydrogens is 254 g/mol. The van der Waals surface area contributed by atoms with Crippen LogP contribution in [0, 0.1) is 0 Å². The summed E-state index contributed by atoms with van der Waals surface area (Å²) in [5.74, 6) is -0.0425. The zero-order chi connectivity index (χ0) is 14.1. The Labute approximate surface area is 117 Å². The van der Waals surface area contributed by atoms with Crippen LogP contribution in [0.5, 0.6) is 0 Å². The average molecular weight is 273 g/mol. The molecule has 1 amide bonds. The number of aliphatic hydroxyl groups is 1. The first kappa shape index (κ1) is 13.1. The molecule has 3 rings (SSSR count). The number of nitrogens with zero attached hydrogens (tertiary/aromatic N) is 2. The smallest absolute Gasteiger partial charge is 0.253 e. The summed E-state index contributed by atoms with van der Waals surface area (Å²) in [5, 5.41) is 17.8. The number of H-pyrrole nitrogens is 1. The van der Waals surface area contributed by atoms with E-state index in [-0.39, 0.29) is 11.9 Å². The van der Waals surface area contributed by atoms with E-state index in [1.807, 2.05) is 12.1 Å². The van der Waals surface area contributed by atoms with E-state index in [0.717, 1.165) is 36.6 Å². The van der Waals surface area contributed by atoms with E-state index in [1.165, 1.54) is 0 Å². The molecule has 0 saturated heterocycles. The van der Waals surface area contributed by atoms with Crippen LogP contribution in [-0.4, -0.2) is 45.3 Å². The molecular formula is C15H19N3O2. The quantitative estimate of drug-likeness (QED) is 0.878. The number of carbonyl (C=O) groups is 1. The molecule has 1 saturated carbocycles. The number of carbonyl (C=O) groups excluding carboxylic acids is 1. The van der Waals surface area contributed by atoms with E-state index in [4.69, 9.17) is 0 Å². The lowest BCUT2D eigenvalue weighted by molar-refractivity contribution is 0.0268. The predicted octanol–water partition coefficient (Wildman–Crippen LogP) is 1.94. The van der Waals surface area contributed by atoms with Crippen LogP contribution in [0.3, 0.4) is 0 Å². The van der Waals surface area contributed by atoms with Crippen LogP contribution in [0.1, 0.15) is 36.0 Å². The van der Waals surface area contributed by atoms with Gasteiger partial charge in [-0.05, 0) is 31.0 Å². The van der Waals surface area contributed by atoms with Gasteiger partial charge in [-0.15, -0.1) is 0 Å². The SMILES string of the molecule is CN(C(=O)c1ccc2[nH]ncc2c1)C1CCCCC1O. The summed E-state index contributed by atoms with van der Waals surface area (Å²) >= 11 is 0. The van der Waals surface area contributed by atoms with Crippen molar-refractivity contribution >= 4 is 16.8 Å². The van der Waals surface area contributed by atoms with Crippen molar-refractivity contribution in [3.63, 3.8) is 0 Å². The van der Waals surface area contributed by atoms with E-state index in [9.17, 15) is 9.90 Å². The van der Waals surface area contributed by atoms with Crippen molar-refractivity contribution in [2.24, 2.45) is 0 Å². The standard InChI is InChI=1S/C15H19N3O2/c1-18(13-4-2-3-5-14(13)19)15(20)10-6-7-12-11(8-10)9-16-17-12/h6-9,13-14,19H,2-5H2,1H3,(H,16,17). The Morgan fingerprint density at radius 1 is 1.40 bits per heavy atom. The van der Waals surface area contributed by atoms with Crippen molar-refractivity contribution in [1.29, 1.82) is 0 Å². The first-order valence-corrected chi connectivity index (χ1v) is 7.05. The Balaban J connectivity index is 1.83. The maximum absolute atomic E-state index is 12.5. The molecule has 1 aliphatic carbocycles. The molecule has 106 valence electrons. The molecule has 0 spiro atoms. The van der Waals surface area contributed by atoms with Crippen LogP contribution in [0.15, 0.2) is 24.4 Å². The van der Waals surface area contributed by atoms with Crippen molar-refractivity contribution in [3.8, 4) is 0 Å². The Hall–Kier alpha value is -1.88. The molecule has 2 unspecified atom stereocenters. The van der Waals surface area contributed by atoms with Crippen molar-refractivity contribution in [2.75, 3.05) is 7.05 Å². The predicted molar refractivity (Wildman–Crippen MR) is 76.5 cm³/mol. The van der Waals surface area contributed by atoms with E-state index < -0.39 is 6.10 Å². The van der Waals surface area contributed by atoms with E-state index in [2.05, 4.69) is 10.2 Å². The lowest BCUT2D eigenvalue weighted by atomic mass is 9.91. The largest absolute Gasteiger partial charge is 0.391 e. The minimum Gasteiger partial charge on any atom is -0.391 e. The second-order valence-electron chi connectivity index (χ2n) is 5.51. The third-order valence-corrected chi connectivity index (χ3v) is 4.20. The van der Waals surface area contributed by atoms with Crippen molar-refractivity contribution in [2.45, 2.75) is 37.8 Å². The summed E-state index contributed by atoms with van der Waals surface area (Å²) in [4.78, 5) is 14.2. The van der Waals surface area contributed by atoms with E-state index in [1.54, 1.807) is 24.2 Å². The number of fused-ring (bicyclic) bond motifs is 1. The fourth-order valence-electron chi connectivity index (χ4n) is 2.97. The minimum atomic E-state index is -0.407. The van der Waals surface area contributed by atoms with E-state index in [0.29, 0.717) is 5.56 Å². The normalized spacial score (nSPS) is 22.9. The maximum Gasteiger partial charge on any atom is 0.253 e. The Morgan fingerprint density at radius 3 is 3.00 bits per heavy atom. The molecule has 0 radical (unpaired) electrons. The minimum absolute atomic E-state index is 0.0425. The van der Waals surface area contributed by atoms with Gasteiger partial charge < -0.3 is 10.0 Å². The van der Waals surface area contributed by atoms with Crippen molar-refractivity contribution in [3.05, 3.63) is 30.0 Å². The van der Waals surface area contributed by atoms with Gasteiger partial charge in [-0.25, -0.2) is 0 Å². The van der Waals surface area contributed by atoms with Gasteiger partial charge in [-0.3, -0.25) is 9.89 Å². The van der Waals surface area contributed by atoms with Crippen LogP contribution < -0.4 is 0 Å². The maximum atomic E-state index is 12.5. The van der Waals surface area contributed by atoms with Crippen molar-refractivity contribution in [1.82, 2.24) is 15.1 Å². The first-order chi connectivity index (χ1) is 9.66. The van der Waals surface area contributed by atoms with Crippen molar-refractivity contribution < 1.29 is 9.90 Å². The number of aromatic nitrogens is 2. The molecule has 2 aromatic rings. The molecule has 1 fully saturated rings. The third-order valence-electron chi connectivity index (χ3n) is 4.20. The van der Waals surface area contributed by atoms with E-state index >= 15 is 0 Å². The Morgan fingerprint density at radius 2 is 2.20 bits per heavy atom. The van der Waals surface area contributed by atoms with Crippen LogP contribution >= 0.6 is 0 Å². The summed E-state index contributed by atoms with van der Waals surface area (Å²) in [6, 6.07) is 5.43. The highest BCUT2D eigenvalue weighted by Gasteiger charge is 2.29. The number of amides is 1. The second kappa shape index (κ2) is 5.25. The molecule has 1 aromatic carbocycles. The molecule has 1 aromatic heterocycles. The highest BCUT2D eigenvalue weighted by molar-refractivity contribution is 5.97. The van der Waals surface area contributed by atoms with Gasteiger partial charge in [0.1, 0.15) is 0 Å². The highest BCUT2D eigenvalue weighted by Crippen LogP contribution is 2.24. The first-order valence-electron chi connectivity index (χ1n) is 7.05. The number of benzene rings is 1. The highest BCUT2D eigenvalue weighted by atomic mass is 16.3. The van der Waals surface area contributed by atoms with Gasteiger partial charge in [0.15, 0.2) is 0 Å². The molecule has 2 atom stereocenters. The molecule has 2 N–H and O–H groups in total. The number of hydrogen-bond acceptors (Lipinski definition) is 3. The van der Waals surface area contributed by atoms with Crippen LogP contribution in [-0.2, 0) is 0 Å². The van der Waals surface area contributed by atoms with Gasteiger partial charge in [-0.1, -0.05) is 12.8 Å². The molecule has 0 bridgehead atoms.